The molecule has 0 bridgehead atoms. The van der Waals surface area contributed by atoms with Crippen LogP contribution in [0.2, 0.25) is 0 Å². The molecule has 0 aliphatic carbocycles. The molecule has 19 heavy (non-hydrogen) atoms. The van der Waals surface area contributed by atoms with Crippen molar-refractivity contribution in [3.05, 3.63) is 28.9 Å². The van der Waals surface area contributed by atoms with E-state index in [1.807, 2.05) is 24.4 Å². The van der Waals surface area contributed by atoms with Gasteiger partial charge in [-0.15, -0.1) is 0 Å². The predicted octanol–water partition coefficient (Wildman–Crippen LogP) is 2.94. The SMILES string of the molecule is CN(C)CCCNc1ncc2ccc(Br)cc2c1N. The molecule has 4 nitrogen and oxygen atoms in total. The lowest BCUT2D eigenvalue weighted by Gasteiger charge is -2.12. The first kappa shape index (κ1) is 14.1. The monoisotopic (exact) mass is 322 g/mol. The lowest BCUT2D eigenvalue weighted by Crippen LogP contribution is -2.17. The van der Waals surface area contributed by atoms with Gasteiger partial charge in [0.25, 0.3) is 0 Å². The van der Waals surface area contributed by atoms with Gasteiger partial charge in [-0.1, -0.05) is 22.0 Å². The summed E-state index contributed by atoms with van der Waals surface area (Å²) in [6.07, 6.45) is 2.91. The topological polar surface area (TPSA) is 54.2 Å². The summed E-state index contributed by atoms with van der Waals surface area (Å²) in [6, 6.07) is 6.03. The summed E-state index contributed by atoms with van der Waals surface area (Å²) in [7, 11) is 4.14. The Balaban J connectivity index is 2.13. The highest BCUT2D eigenvalue weighted by Gasteiger charge is 2.06. The largest absolute Gasteiger partial charge is 0.395 e. The van der Waals surface area contributed by atoms with Gasteiger partial charge in [0.1, 0.15) is 5.82 Å². The summed E-state index contributed by atoms with van der Waals surface area (Å²) in [4.78, 5) is 6.55. The lowest BCUT2D eigenvalue weighted by molar-refractivity contribution is 0.405. The van der Waals surface area contributed by atoms with Crippen LogP contribution in [0.25, 0.3) is 10.8 Å². The van der Waals surface area contributed by atoms with Gasteiger partial charge in [-0.05, 0) is 39.2 Å². The number of aromatic nitrogens is 1. The van der Waals surface area contributed by atoms with E-state index >= 15 is 0 Å². The zero-order chi connectivity index (χ0) is 13.8. The molecule has 0 saturated heterocycles. The van der Waals surface area contributed by atoms with Crippen molar-refractivity contribution in [2.45, 2.75) is 6.42 Å². The molecular formula is C14H19BrN4. The van der Waals surface area contributed by atoms with Gasteiger partial charge >= 0.3 is 0 Å². The Labute approximate surface area is 122 Å². The molecule has 0 radical (unpaired) electrons. The standard InChI is InChI=1S/C14H19BrN4/c1-19(2)7-3-6-17-14-13(16)12-8-11(15)5-4-10(12)9-18-14/h4-5,8-9H,3,6-7,16H2,1-2H3,(H,17,18). The molecule has 0 spiro atoms. The fraction of sp³-hybridized carbons (Fsp3) is 0.357. The van der Waals surface area contributed by atoms with Crippen LogP contribution < -0.4 is 11.1 Å². The number of nitrogen functional groups attached to an aromatic ring is 1. The number of nitrogens with two attached hydrogens (primary N) is 1. The van der Waals surface area contributed by atoms with E-state index in [1.165, 1.54) is 0 Å². The zero-order valence-corrected chi connectivity index (χ0v) is 12.9. The van der Waals surface area contributed by atoms with Gasteiger partial charge in [-0.2, -0.15) is 0 Å². The fourth-order valence-electron chi connectivity index (χ4n) is 1.95. The van der Waals surface area contributed by atoms with Crippen LogP contribution >= 0.6 is 15.9 Å². The number of pyridine rings is 1. The van der Waals surface area contributed by atoms with E-state index < -0.39 is 0 Å². The third kappa shape index (κ3) is 3.58. The smallest absolute Gasteiger partial charge is 0.149 e. The lowest BCUT2D eigenvalue weighted by atomic mass is 10.1. The maximum absolute atomic E-state index is 6.17. The van der Waals surface area contributed by atoms with Crippen molar-refractivity contribution in [3.8, 4) is 0 Å². The second kappa shape index (κ2) is 6.21. The molecule has 102 valence electrons. The maximum Gasteiger partial charge on any atom is 0.149 e. The summed E-state index contributed by atoms with van der Waals surface area (Å²) in [5.41, 5.74) is 6.89. The summed E-state index contributed by atoms with van der Waals surface area (Å²) in [5, 5.41) is 5.38. The molecule has 0 unspecified atom stereocenters. The second-order valence-corrected chi connectivity index (χ2v) is 5.75. The van der Waals surface area contributed by atoms with E-state index in [0.29, 0.717) is 5.69 Å². The van der Waals surface area contributed by atoms with Gasteiger partial charge in [0, 0.05) is 28.0 Å². The highest BCUT2D eigenvalue weighted by Crippen LogP contribution is 2.28. The molecule has 3 N–H and O–H groups in total. The summed E-state index contributed by atoms with van der Waals surface area (Å²) in [6.45, 7) is 1.92. The minimum atomic E-state index is 0.712. The molecule has 2 aromatic rings. The number of hydrogen-bond donors (Lipinski definition) is 2. The van der Waals surface area contributed by atoms with E-state index in [1.54, 1.807) is 0 Å². The summed E-state index contributed by atoms with van der Waals surface area (Å²) in [5.74, 6) is 0.768. The average Bonchev–Trinajstić information content (AvgIpc) is 2.37. The van der Waals surface area contributed by atoms with Gasteiger partial charge in [-0.3, -0.25) is 0 Å². The Hall–Kier alpha value is -1.33. The first-order valence-electron chi connectivity index (χ1n) is 6.30. The summed E-state index contributed by atoms with van der Waals surface area (Å²) >= 11 is 3.47. The van der Waals surface area contributed by atoms with Crippen LogP contribution in [-0.2, 0) is 0 Å². The number of halogens is 1. The first-order chi connectivity index (χ1) is 9.08. The van der Waals surface area contributed by atoms with Gasteiger partial charge in [0.2, 0.25) is 0 Å². The molecule has 0 amide bonds. The van der Waals surface area contributed by atoms with Crippen molar-refractivity contribution in [3.63, 3.8) is 0 Å². The average molecular weight is 323 g/mol. The van der Waals surface area contributed by atoms with Crippen LogP contribution in [0, 0.1) is 0 Å². The third-order valence-corrected chi connectivity index (χ3v) is 3.46. The summed E-state index contributed by atoms with van der Waals surface area (Å²) < 4.78 is 1.02. The van der Waals surface area contributed by atoms with Crippen molar-refractivity contribution in [2.24, 2.45) is 0 Å². The highest BCUT2D eigenvalue weighted by atomic mass is 79.9. The Morgan fingerprint density at radius 3 is 2.89 bits per heavy atom. The van der Waals surface area contributed by atoms with Crippen LogP contribution in [0.15, 0.2) is 28.9 Å². The van der Waals surface area contributed by atoms with Crippen molar-refractivity contribution < 1.29 is 0 Å². The van der Waals surface area contributed by atoms with E-state index in [-0.39, 0.29) is 0 Å². The fourth-order valence-corrected chi connectivity index (χ4v) is 2.31. The molecule has 0 aliphatic rings. The maximum atomic E-state index is 6.17. The number of nitrogens with zero attached hydrogens (tertiary/aromatic N) is 2. The van der Waals surface area contributed by atoms with Crippen LogP contribution in [0.3, 0.4) is 0 Å². The Morgan fingerprint density at radius 1 is 1.37 bits per heavy atom. The minimum Gasteiger partial charge on any atom is -0.395 e. The van der Waals surface area contributed by atoms with Gasteiger partial charge in [0.05, 0.1) is 5.69 Å². The van der Waals surface area contributed by atoms with Crippen LogP contribution in [-0.4, -0.2) is 37.1 Å². The third-order valence-electron chi connectivity index (χ3n) is 2.97. The van der Waals surface area contributed by atoms with E-state index in [4.69, 9.17) is 5.73 Å². The number of nitrogens with one attached hydrogen (secondary N) is 1. The molecule has 2 rings (SSSR count). The number of anilines is 2. The quantitative estimate of drug-likeness (QED) is 0.831. The van der Waals surface area contributed by atoms with Crippen molar-refractivity contribution in [2.75, 3.05) is 38.2 Å². The van der Waals surface area contributed by atoms with Gasteiger partial charge in [0.15, 0.2) is 0 Å². The van der Waals surface area contributed by atoms with Gasteiger partial charge < -0.3 is 16.0 Å². The molecule has 1 aromatic carbocycles. The van der Waals surface area contributed by atoms with Crippen LogP contribution in [0.4, 0.5) is 11.5 Å². The Bertz CT molecular complexity index is 569. The molecule has 0 atom stereocenters. The highest BCUT2D eigenvalue weighted by molar-refractivity contribution is 9.10. The first-order valence-corrected chi connectivity index (χ1v) is 7.09. The van der Waals surface area contributed by atoms with Crippen molar-refractivity contribution in [1.29, 1.82) is 0 Å². The van der Waals surface area contributed by atoms with Crippen LogP contribution in [0.5, 0.6) is 0 Å². The van der Waals surface area contributed by atoms with Gasteiger partial charge in [-0.25, -0.2) is 4.98 Å². The van der Waals surface area contributed by atoms with E-state index in [2.05, 4.69) is 45.2 Å². The molecule has 1 heterocycles. The second-order valence-electron chi connectivity index (χ2n) is 4.84. The number of fused-ring (bicyclic) bond motifs is 1. The molecule has 0 aliphatic heterocycles. The van der Waals surface area contributed by atoms with Crippen molar-refractivity contribution >= 4 is 38.2 Å². The zero-order valence-electron chi connectivity index (χ0n) is 11.3. The minimum absolute atomic E-state index is 0.712. The number of benzene rings is 1. The normalized spacial score (nSPS) is 11.2. The van der Waals surface area contributed by atoms with Crippen LogP contribution in [0.1, 0.15) is 6.42 Å². The van der Waals surface area contributed by atoms with Crippen molar-refractivity contribution in [1.82, 2.24) is 9.88 Å². The Morgan fingerprint density at radius 2 is 2.16 bits per heavy atom. The molecule has 1 aromatic heterocycles. The predicted molar refractivity (Wildman–Crippen MR) is 85.5 cm³/mol. The van der Waals surface area contributed by atoms with E-state index in [9.17, 15) is 0 Å². The Kier molecular flexibility index (Phi) is 4.61. The van der Waals surface area contributed by atoms with E-state index in [0.717, 1.165) is 40.6 Å². The number of rotatable bonds is 5. The number of hydrogen-bond acceptors (Lipinski definition) is 4. The molecule has 0 saturated carbocycles. The molecule has 5 heteroatoms. The molecular weight excluding hydrogens is 304 g/mol. The molecule has 0 fully saturated rings.